The molecule has 0 bridgehead atoms. The highest BCUT2D eigenvalue weighted by Gasteiger charge is 2.22. The molecule has 0 amide bonds. The molecular formula is C84H50N2O2S2. The van der Waals surface area contributed by atoms with Crippen molar-refractivity contribution in [2.75, 3.05) is 0 Å². The van der Waals surface area contributed by atoms with Crippen molar-refractivity contribution >= 4 is 151 Å². The second kappa shape index (κ2) is 20.1. The second-order valence-corrected chi connectivity index (χ2v) is 25.7. The molecule has 6 aromatic heterocycles. The summed E-state index contributed by atoms with van der Waals surface area (Å²) >= 11 is 3.75. The van der Waals surface area contributed by atoms with Gasteiger partial charge in [-0.25, -0.2) is 0 Å². The van der Waals surface area contributed by atoms with Crippen molar-refractivity contribution in [3.05, 3.63) is 303 Å². The Morgan fingerprint density at radius 2 is 0.644 bits per heavy atom. The summed E-state index contributed by atoms with van der Waals surface area (Å²) in [6, 6.07) is 109. The van der Waals surface area contributed by atoms with Crippen LogP contribution in [0.2, 0.25) is 0 Å². The molecule has 4 nitrogen and oxygen atoms in total. The number of thiophene rings is 2. The van der Waals surface area contributed by atoms with Gasteiger partial charge in [-0.1, -0.05) is 188 Å². The Kier molecular flexibility index (Phi) is 11.4. The molecule has 20 aromatic rings. The fourth-order valence-electron chi connectivity index (χ4n) is 14.1. The molecule has 20 rings (SSSR count). The quantitative estimate of drug-likeness (QED) is 0.166. The SMILES string of the molecule is c1ccc(-n2c3ccccc3c3oc4cc(-c5cccc(-c6ccc7c(c6)sc6cc8ccccc8cc67)c5)ccc4c32)cc1.c1ccc(-n2c3ccccc3c3oc4cc(-c5cccc(-c6ccc7c(c6)sc6ccc8ccccc8c67)c5)ccc4c32)cc1. The Hall–Kier alpha value is -11.3. The van der Waals surface area contributed by atoms with Crippen molar-refractivity contribution in [2.45, 2.75) is 0 Å². The third kappa shape index (κ3) is 8.05. The molecular weight excluding hydrogens is 1130 g/mol. The molecule has 0 atom stereocenters. The highest BCUT2D eigenvalue weighted by molar-refractivity contribution is 7.26. The van der Waals surface area contributed by atoms with Gasteiger partial charge in [-0.2, -0.15) is 0 Å². The minimum absolute atomic E-state index is 0.900. The topological polar surface area (TPSA) is 36.1 Å². The van der Waals surface area contributed by atoms with Crippen LogP contribution in [0.1, 0.15) is 0 Å². The number of para-hydroxylation sites is 4. The van der Waals surface area contributed by atoms with Crippen LogP contribution >= 0.6 is 22.7 Å². The molecule has 0 saturated heterocycles. The van der Waals surface area contributed by atoms with Gasteiger partial charge in [-0.05, 0) is 181 Å². The van der Waals surface area contributed by atoms with Gasteiger partial charge in [0.25, 0.3) is 0 Å². The maximum atomic E-state index is 6.63. The third-order valence-electron chi connectivity index (χ3n) is 18.3. The van der Waals surface area contributed by atoms with E-state index >= 15 is 0 Å². The van der Waals surface area contributed by atoms with Crippen LogP contribution in [0.15, 0.2) is 312 Å². The van der Waals surface area contributed by atoms with E-state index in [1.54, 1.807) is 0 Å². The van der Waals surface area contributed by atoms with Crippen LogP contribution in [-0.4, -0.2) is 9.13 Å². The lowest BCUT2D eigenvalue weighted by molar-refractivity contribution is 0.672. The van der Waals surface area contributed by atoms with Crippen molar-refractivity contribution < 1.29 is 8.83 Å². The Morgan fingerprint density at radius 3 is 1.20 bits per heavy atom. The lowest BCUT2D eigenvalue weighted by atomic mass is 9.97. The molecule has 0 saturated carbocycles. The molecule has 420 valence electrons. The van der Waals surface area contributed by atoms with E-state index in [1.165, 1.54) is 95.3 Å². The molecule has 0 aliphatic heterocycles. The van der Waals surface area contributed by atoms with Crippen molar-refractivity contribution in [2.24, 2.45) is 0 Å². The Bertz CT molecular complexity index is 6280. The number of nitrogens with zero attached hydrogens (tertiary/aromatic N) is 2. The van der Waals surface area contributed by atoms with E-state index in [9.17, 15) is 0 Å². The maximum absolute atomic E-state index is 6.63. The predicted molar refractivity (Wildman–Crippen MR) is 384 cm³/mol. The molecule has 0 unspecified atom stereocenters. The molecule has 0 aliphatic carbocycles. The van der Waals surface area contributed by atoms with Gasteiger partial charge in [0.1, 0.15) is 22.2 Å². The molecule has 0 radical (unpaired) electrons. The van der Waals surface area contributed by atoms with Gasteiger partial charge < -0.3 is 18.0 Å². The lowest BCUT2D eigenvalue weighted by Crippen LogP contribution is -1.92. The summed E-state index contributed by atoms with van der Waals surface area (Å²) in [5.41, 5.74) is 20.0. The summed E-state index contributed by atoms with van der Waals surface area (Å²) in [5.74, 6) is 0. The highest BCUT2D eigenvalue weighted by atomic mass is 32.1. The summed E-state index contributed by atoms with van der Waals surface area (Å²) in [6.45, 7) is 0. The fraction of sp³-hybridized carbons (Fsp3) is 0. The van der Waals surface area contributed by atoms with Gasteiger partial charge in [0.2, 0.25) is 0 Å². The van der Waals surface area contributed by atoms with E-state index in [0.29, 0.717) is 0 Å². The fourth-order valence-corrected chi connectivity index (χ4v) is 16.4. The first-order valence-corrected chi connectivity index (χ1v) is 32.1. The van der Waals surface area contributed by atoms with Crippen LogP contribution in [-0.2, 0) is 0 Å². The maximum Gasteiger partial charge on any atom is 0.161 e. The lowest BCUT2D eigenvalue weighted by Gasteiger charge is -2.08. The first kappa shape index (κ1) is 50.8. The van der Waals surface area contributed by atoms with Gasteiger partial charge in [-0.15, -0.1) is 22.7 Å². The van der Waals surface area contributed by atoms with E-state index in [-0.39, 0.29) is 0 Å². The Balaban J connectivity index is 0.000000130. The first-order chi connectivity index (χ1) is 44.6. The van der Waals surface area contributed by atoms with Crippen molar-refractivity contribution in [1.82, 2.24) is 9.13 Å². The van der Waals surface area contributed by atoms with Crippen LogP contribution in [0.25, 0.3) is 184 Å². The average molecular weight is 1180 g/mol. The van der Waals surface area contributed by atoms with Gasteiger partial charge in [0.15, 0.2) is 11.2 Å². The number of furan rings is 2. The zero-order chi connectivity index (χ0) is 59.0. The van der Waals surface area contributed by atoms with Crippen molar-refractivity contribution in [3.8, 4) is 55.9 Å². The van der Waals surface area contributed by atoms with Gasteiger partial charge >= 0.3 is 0 Å². The van der Waals surface area contributed by atoms with Crippen LogP contribution in [0.3, 0.4) is 0 Å². The first-order valence-electron chi connectivity index (χ1n) is 30.5. The summed E-state index contributed by atoms with van der Waals surface area (Å²) in [6.07, 6.45) is 0. The number of hydrogen-bond acceptors (Lipinski definition) is 4. The number of hydrogen-bond donors (Lipinski definition) is 0. The van der Waals surface area contributed by atoms with E-state index < -0.39 is 0 Å². The van der Waals surface area contributed by atoms with E-state index in [2.05, 4.69) is 312 Å². The molecule has 6 heterocycles. The zero-order valence-corrected chi connectivity index (χ0v) is 50.0. The second-order valence-electron chi connectivity index (χ2n) is 23.5. The highest BCUT2D eigenvalue weighted by Crippen LogP contribution is 2.45. The summed E-state index contributed by atoms with van der Waals surface area (Å²) in [5, 5.41) is 15.0. The smallest absolute Gasteiger partial charge is 0.161 e. The monoisotopic (exact) mass is 1180 g/mol. The van der Waals surface area contributed by atoms with Crippen LogP contribution < -0.4 is 0 Å². The Morgan fingerprint density at radius 1 is 0.233 bits per heavy atom. The molecule has 90 heavy (non-hydrogen) atoms. The van der Waals surface area contributed by atoms with Gasteiger partial charge in [-0.3, -0.25) is 0 Å². The summed E-state index contributed by atoms with van der Waals surface area (Å²) in [7, 11) is 0. The standard InChI is InChI=1S/2C42H25NOS/c1-2-12-31(13-3-1)43-36-16-7-6-15-33(36)42-41(43)34-20-17-29(24-37(34)44-42)27-10-8-11-28(23-27)30-18-21-35-39(25-30)45-38-22-19-26-9-4-5-14-32(26)40(35)38;1-2-13-32(14-3-1)43-37-16-7-6-15-34(37)42-41(43)35-20-18-30(23-38(35)44-42)26-11-8-12-27(21-26)31-17-19-33-36-22-28-9-4-5-10-29(28)24-40(36)45-39(33)25-31/h2*1-25H. The minimum Gasteiger partial charge on any atom is -0.454 e. The largest absolute Gasteiger partial charge is 0.454 e. The molecule has 0 aliphatic rings. The van der Waals surface area contributed by atoms with Crippen LogP contribution in [0, 0.1) is 0 Å². The number of aromatic nitrogens is 2. The number of rotatable bonds is 6. The van der Waals surface area contributed by atoms with E-state index in [0.717, 1.165) is 88.4 Å². The summed E-state index contributed by atoms with van der Waals surface area (Å²) in [4.78, 5) is 0. The summed E-state index contributed by atoms with van der Waals surface area (Å²) < 4.78 is 23.2. The number of benzene rings is 14. The van der Waals surface area contributed by atoms with Crippen LogP contribution in [0.4, 0.5) is 0 Å². The van der Waals surface area contributed by atoms with Gasteiger partial charge in [0.05, 0.1) is 11.0 Å². The number of fused-ring (bicyclic) bond motifs is 19. The third-order valence-corrected chi connectivity index (χ3v) is 20.6. The molecule has 0 fully saturated rings. The predicted octanol–water partition coefficient (Wildman–Crippen LogP) is 24.8. The van der Waals surface area contributed by atoms with E-state index in [4.69, 9.17) is 8.83 Å². The van der Waals surface area contributed by atoms with E-state index in [1.807, 2.05) is 22.7 Å². The molecule has 6 heteroatoms. The van der Waals surface area contributed by atoms with Crippen molar-refractivity contribution in [3.63, 3.8) is 0 Å². The molecule has 0 N–H and O–H groups in total. The average Bonchev–Trinajstić information content (AvgIpc) is 1.87. The van der Waals surface area contributed by atoms with Gasteiger partial charge in [0, 0.05) is 73.3 Å². The van der Waals surface area contributed by atoms with Crippen molar-refractivity contribution in [1.29, 1.82) is 0 Å². The van der Waals surface area contributed by atoms with Crippen LogP contribution in [0.5, 0.6) is 0 Å². The Labute approximate surface area is 524 Å². The molecule has 14 aromatic carbocycles. The minimum atomic E-state index is 0.900. The molecule has 0 spiro atoms. The normalized spacial score (nSPS) is 12.0. The zero-order valence-electron chi connectivity index (χ0n) is 48.4.